The van der Waals surface area contributed by atoms with Crippen molar-refractivity contribution in [1.82, 2.24) is 14.5 Å². The van der Waals surface area contributed by atoms with Crippen molar-refractivity contribution in [1.29, 1.82) is 0 Å². The van der Waals surface area contributed by atoms with E-state index in [2.05, 4.69) is 19.2 Å². The first-order valence-corrected chi connectivity index (χ1v) is 9.92. The Bertz CT molecular complexity index is 1050. The van der Waals surface area contributed by atoms with Gasteiger partial charge in [0.05, 0.1) is 5.56 Å². The monoisotopic (exact) mass is 383 g/mol. The van der Waals surface area contributed by atoms with Crippen LogP contribution in [0.4, 0.5) is 0 Å². The number of para-hydroxylation sites is 1. The maximum Gasteiger partial charge on any atom is 0.275 e. The molecule has 6 heteroatoms. The smallest absolute Gasteiger partial charge is 0.275 e. The second kappa shape index (κ2) is 8.61. The van der Waals surface area contributed by atoms with Crippen molar-refractivity contribution in [2.75, 3.05) is 19.8 Å². The van der Waals surface area contributed by atoms with Gasteiger partial charge in [-0.1, -0.05) is 32.0 Å². The molecule has 0 aliphatic heterocycles. The Labute approximate surface area is 165 Å². The molecule has 1 N–H and O–H groups in total. The first-order chi connectivity index (χ1) is 13.5. The third-order valence-corrected chi connectivity index (χ3v) is 4.89. The lowest BCUT2D eigenvalue weighted by Crippen LogP contribution is -2.30. The molecule has 0 atom stereocenters. The van der Waals surface area contributed by atoms with Gasteiger partial charge in [-0.25, -0.2) is 0 Å². The van der Waals surface area contributed by atoms with Crippen LogP contribution < -0.4 is 10.9 Å². The molecule has 0 unspecified atom stereocenters. The molecule has 2 aromatic heterocycles. The molecule has 0 bridgehead atoms. The minimum absolute atomic E-state index is 0.0599. The number of hydrogen-bond donors (Lipinski definition) is 1. The molecule has 28 heavy (non-hydrogen) atoms. The number of amides is 1. The lowest BCUT2D eigenvalue weighted by atomic mass is 10.1. The molecule has 0 radical (unpaired) electrons. The molecule has 0 saturated carbocycles. The van der Waals surface area contributed by atoms with E-state index >= 15 is 0 Å². The molecule has 0 spiro atoms. The maximum atomic E-state index is 13.2. The summed E-state index contributed by atoms with van der Waals surface area (Å²) in [5.74, 6) is 0.141. The summed E-state index contributed by atoms with van der Waals surface area (Å²) >= 11 is 0. The number of benzene rings is 1. The number of carbonyl (C=O) groups is 1. The van der Waals surface area contributed by atoms with E-state index in [0.29, 0.717) is 43.3 Å². The molecule has 0 fully saturated rings. The third-order valence-electron chi connectivity index (χ3n) is 4.89. The highest BCUT2D eigenvalue weighted by Crippen LogP contribution is 2.29. The topological polar surface area (TPSA) is 65.3 Å². The Kier molecular flexibility index (Phi) is 6.19. The van der Waals surface area contributed by atoms with E-state index in [1.807, 2.05) is 42.8 Å². The minimum atomic E-state index is -0.157. The second-order valence-electron chi connectivity index (χ2n) is 7.50. The van der Waals surface area contributed by atoms with E-state index in [1.165, 1.54) is 0 Å². The number of nitrogens with one attached hydrogen (secondary N) is 1. The summed E-state index contributed by atoms with van der Waals surface area (Å²) in [6, 6.07) is 7.83. The molecule has 2 heterocycles. The first-order valence-electron chi connectivity index (χ1n) is 9.92. The van der Waals surface area contributed by atoms with Gasteiger partial charge in [-0.05, 0) is 25.3 Å². The molecule has 150 valence electrons. The summed E-state index contributed by atoms with van der Waals surface area (Å²) in [7, 11) is 1.88. The van der Waals surface area contributed by atoms with Crippen LogP contribution in [0, 0.1) is 5.92 Å². The molecule has 1 aromatic carbocycles. The van der Waals surface area contributed by atoms with Crippen LogP contribution in [0.2, 0.25) is 0 Å². The molecule has 6 nitrogen and oxygen atoms in total. The van der Waals surface area contributed by atoms with Crippen molar-refractivity contribution in [3.63, 3.8) is 0 Å². The van der Waals surface area contributed by atoms with Gasteiger partial charge in [0, 0.05) is 55.8 Å². The Morgan fingerprint density at radius 2 is 2.00 bits per heavy atom. The zero-order chi connectivity index (χ0) is 20.3. The summed E-state index contributed by atoms with van der Waals surface area (Å²) in [4.78, 5) is 26.2. The standard InChI is InChI=1S/C22H29N3O3/c1-5-28-12-8-11-23-21(26)17-14-25(13-15(2)3)22(27)20-19(17)16-9-6-7-10-18(16)24(20)4/h6-7,9-10,14-15H,5,8,11-13H2,1-4H3,(H,23,26). The van der Waals surface area contributed by atoms with E-state index < -0.39 is 0 Å². The quantitative estimate of drug-likeness (QED) is 0.607. The molecular weight excluding hydrogens is 354 g/mol. The Hall–Kier alpha value is -2.60. The zero-order valence-corrected chi connectivity index (χ0v) is 17.1. The van der Waals surface area contributed by atoms with Crippen molar-refractivity contribution in [2.45, 2.75) is 33.7 Å². The van der Waals surface area contributed by atoms with Crippen molar-refractivity contribution in [3.8, 4) is 0 Å². The molecule has 0 aliphatic carbocycles. The van der Waals surface area contributed by atoms with Crippen LogP contribution in [0.25, 0.3) is 21.8 Å². The van der Waals surface area contributed by atoms with Crippen LogP contribution >= 0.6 is 0 Å². The van der Waals surface area contributed by atoms with Gasteiger partial charge in [-0.2, -0.15) is 0 Å². The van der Waals surface area contributed by atoms with Crippen molar-refractivity contribution >= 4 is 27.7 Å². The van der Waals surface area contributed by atoms with Crippen molar-refractivity contribution in [3.05, 3.63) is 46.4 Å². The Morgan fingerprint density at radius 1 is 1.25 bits per heavy atom. The number of carbonyl (C=O) groups excluding carboxylic acids is 1. The average molecular weight is 383 g/mol. The van der Waals surface area contributed by atoms with E-state index in [9.17, 15) is 9.59 Å². The van der Waals surface area contributed by atoms with E-state index in [1.54, 1.807) is 10.8 Å². The van der Waals surface area contributed by atoms with Crippen LogP contribution in [0.1, 0.15) is 37.6 Å². The molecule has 3 rings (SSSR count). The van der Waals surface area contributed by atoms with Crippen LogP contribution in [-0.2, 0) is 18.3 Å². The number of aryl methyl sites for hydroxylation is 1. The van der Waals surface area contributed by atoms with Crippen molar-refractivity contribution in [2.24, 2.45) is 13.0 Å². The molecule has 3 aromatic rings. The van der Waals surface area contributed by atoms with Gasteiger partial charge in [0.2, 0.25) is 0 Å². The van der Waals surface area contributed by atoms with Crippen LogP contribution in [0.15, 0.2) is 35.3 Å². The number of pyridine rings is 1. The predicted molar refractivity (Wildman–Crippen MR) is 113 cm³/mol. The van der Waals surface area contributed by atoms with Gasteiger partial charge in [0.15, 0.2) is 0 Å². The highest BCUT2D eigenvalue weighted by atomic mass is 16.5. The summed E-state index contributed by atoms with van der Waals surface area (Å²) in [5, 5.41) is 4.63. The summed E-state index contributed by atoms with van der Waals surface area (Å²) < 4.78 is 8.90. The fraction of sp³-hybridized carbons (Fsp3) is 0.455. The Morgan fingerprint density at radius 3 is 2.71 bits per heavy atom. The number of hydrogen-bond acceptors (Lipinski definition) is 3. The highest BCUT2D eigenvalue weighted by Gasteiger charge is 2.21. The lowest BCUT2D eigenvalue weighted by Gasteiger charge is -2.13. The average Bonchev–Trinajstić information content (AvgIpc) is 2.97. The number of nitrogens with zero attached hydrogens (tertiary/aromatic N) is 2. The number of rotatable bonds is 8. The van der Waals surface area contributed by atoms with Crippen LogP contribution in [0.5, 0.6) is 0 Å². The van der Waals surface area contributed by atoms with Gasteiger partial charge in [-0.3, -0.25) is 9.59 Å². The van der Waals surface area contributed by atoms with Gasteiger partial charge in [-0.15, -0.1) is 0 Å². The summed E-state index contributed by atoms with van der Waals surface area (Å²) in [6.07, 6.45) is 2.47. The highest BCUT2D eigenvalue weighted by molar-refractivity contribution is 6.17. The van der Waals surface area contributed by atoms with E-state index in [-0.39, 0.29) is 11.5 Å². The van der Waals surface area contributed by atoms with Crippen LogP contribution in [-0.4, -0.2) is 34.8 Å². The van der Waals surface area contributed by atoms with Gasteiger partial charge >= 0.3 is 0 Å². The Balaban J connectivity index is 2.11. The second-order valence-corrected chi connectivity index (χ2v) is 7.50. The normalized spacial score (nSPS) is 11.6. The van der Waals surface area contributed by atoms with Gasteiger partial charge < -0.3 is 19.2 Å². The van der Waals surface area contributed by atoms with E-state index in [0.717, 1.165) is 22.7 Å². The first kappa shape index (κ1) is 20.1. The maximum absolute atomic E-state index is 13.2. The summed E-state index contributed by atoms with van der Waals surface area (Å²) in [6.45, 7) is 8.47. The third kappa shape index (κ3) is 3.83. The minimum Gasteiger partial charge on any atom is -0.382 e. The number of fused-ring (bicyclic) bond motifs is 3. The van der Waals surface area contributed by atoms with Crippen LogP contribution in [0.3, 0.4) is 0 Å². The SMILES string of the molecule is CCOCCCNC(=O)c1cn(CC(C)C)c(=O)c2c1c1ccccc1n2C. The fourth-order valence-corrected chi connectivity index (χ4v) is 3.65. The zero-order valence-electron chi connectivity index (χ0n) is 17.1. The predicted octanol–water partition coefficient (Wildman–Crippen LogP) is 3.31. The summed E-state index contributed by atoms with van der Waals surface area (Å²) in [5.41, 5.74) is 2.00. The van der Waals surface area contributed by atoms with Gasteiger partial charge in [0.1, 0.15) is 5.52 Å². The largest absolute Gasteiger partial charge is 0.382 e. The molecule has 0 saturated heterocycles. The molecular formula is C22H29N3O3. The fourth-order valence-electron chi connectivity index (χ4n) is 3.65. The molecule has 0 aliphatic rings. The molecule has 1 amide bonds. The lowest BCUT2D eigenvalue weighted by molar-refractivity contribution is 0.0945. The van der Waals surface area contributed by atoms with E-state index in [4.69, 9.17) is 4.74 Å². The van der Waals surface area contributed by atoms with Crippen molar-refractivity contribution < 1.29 is 9.53 Å². The van der Waals surface area contributed by atoms with Gasteiger partial charge in [0.25, 0.3) is 11.5 Å². The number of aromatic nitrogens is 2. The number of ether oxygens (including phenoxy) is 1.